The maximum Gasteiger partial charge on any atom is 0.252 e. The third kappa shape index (κ3) is 1.09. The summed E-state index contributed by atoms with van der Waals surface area (Å²) in [6, 6.07) is 1.79. The first-order chi connectivity index (χ1) is 3.80. The second kappa shape index (κ2) is 2.30. The molecule has 4 heteroatoms. The van der Waals surface area contributed by atoms with Crippen LogP contribution in [0.25, 0.3) is 0 Å². The molecule has 0 aliphatic heterocycles. The molecule has 0 aromatic carbocycles. The zero-order valence-electron chi connectivity index (χ0n) is 4.09. The van der Waals surface area contributed by atoms with Crippen molar-refractivity contribution in [3.63, 3.8) is 0 Å². The van der Waals surface area contributed by atoms with Gasteiger partial charge in [-0.3, -0.25) is 4.79 Å². The van der Waals surface area contributed by atoms with E-state index < -0.39 is 0 Å². The molecule has 1 aromatic rings. The lowest BCUT2D eigenvalue weighted by Gasteiger charge is -1.80. The molecule has 0 saturated carbocycles. The van der Waals surface area contributed by atoms with Crippen LogP contribution in [0, 0.1) is 0 Å². The lowest BCUT2D eigenvalue weighted by molar-refractivity contribution is 0.100. The maximum absolute atomic E-state index is 10.3. The van der Waals surface area contributed by atoms with Gasteiger partial charge >= 0.3 is 0 Å². The second-order valence-corrected chi connectivity index (χ2v) is 4.10. The summed E-state index contributed by atoms with van der Waals surface area (Å²) in [6.07, 6.45) is 0. The Hall–Kier alpha value is -0.320. The van der Waals surface area contributed by atoms with Crippen LogP contribution in [0.3, 0.4) is 0 Å². The van der Waals surface area contributed by atoms with Crippen molar-refractivity contribution in [1.82, 2.24) is 0 Å². The highest BCUT2D eigenvalue weighted by molar-refractivity contribution is 7.91. The summed E-state index contributed by atoms with van der Waals surface area (Å²) in [6.45, 7) is 0. The quantitative estimate of drug-likeness (QED) is 0.637. The minimum absolute atomic E-state index is 0.274. The highest BCUT2D eigenvalue weighted by Crippen LogP contribution is 2.25. The van der Waals surface area contributed by atoms with Gasteiger partial charge in [0.2, 0.25) is 0 Å². The number of hydrogen-bond donors (Lipinski definition) is 1. The Balaban J connectivity index is 2.93. The summed E-state index contributed by atoms with van der Waals surface area (Å²) in [7, 11) is 1.79. The number of nitrogens with two attached hydrogens (primary N) is 1. The highest BCUT2D eigenvalue weighted by atomic mass is 31.8. The van der Waals surface area contributed by atoms with Gasteiger partial charge in [-0.25, -0.2) is 0 Å². The Labute approximate surface area is 50.2 Å². The summed E-state index contributed by atoms with van der Waals surface area (Å²) in [5, 5.41) is 0.770. The number of carbonyl (C=O) groups is 1. The monoisotopic (exact) mass is 145 g/mol. The van der Waals surface area contributed by atoms with Crippen LogP contribution in [0.1, 0.15) is 10.1 Å². The molecule has 1 heterocycles. The predicted molar refractivity (Wildman–Crippen MR) is 37.0 cm³/mol. The summed E-state index contributed by atoms with van der Waals surface area (Å²) >= 11 is 0. The van der Waals surface area contributed by atoms with Crippen LogP contribution in [0.15, 0.2) is 11.9 Å². The minimum atomic E-state index is -0.274. The van der Waals surface area contributed by atoms with Gasteiger partial charge in [-0.05, 0) is 11.9 Å². The Morgan fingerprint density at radius 1 is 1.88 bits per heavy atom. The van der Waals surface area contributed by atoms with E-state index in [0.29, 0.717) is 7.87 Å². The summed E-state index contributed by atoms with van der Waals surface area (Å²) in [5.41, 5.74) is 4.97. The zero-order chi connectivity index (χ0) is 5.98. The average molecular weight is 145 g/mol. The first-order valence-corrected chi connectivity index (χ1v) is 4.90. The van der Waals surface area contributed by atoms with Crippen molar-refractivity contribution in [3.8, 4) is 0 Å². The van der Waals surface area contributed by atoms with Crippen LogP contribution in [0.5, 0.6) is 0 Å². The SMILES string of the molecule is NC(=O)c1ccp[pH]1. The van der Waals surface area contributed by atoms with Crippen molar-refractivity contribution in [2.45, 2.75) is 0 Å². The molecule has 0 aliphatic carbocycles. The van der Waals surface area contributed by atoms with Gasteiger partial charge in [0.1, 0.15) is 0 Å². The van der Waals surface area contributed by atoms with Gasteiger partial charge in [-0.15, -0.1) is 0 Å². The normalized spacial score (nSPS) is 11.0. The molecular weight excluding hydrogens is 140 g/mol. The zero-order valence-corrected chi connectivity index (χ0v) is 5.98. The first kappa shape index (κ1) is 5.81. The third-order valence-electron chi connectivity index (χ3n) is 0.766. The predicted octanol–water partition coefficient (Wildman–Crippen LogP) is 1.40. The van der Waals surface area contributed by atoms with E-state index in [0.717, 1.165) is 5.30 Å². The van der Waals surface area contributed by atoms with Crippen LogP contribution in [0.2, 0.25) is 0 Å². The topological polar surface area (TPSA) is 43.1 Å². The molecule has 1 amide bonds. The highest BCUT2D eigenvalue weighted by Gasteiger charge is 1.95. The van der Waals surface area contributed by atoms with Gasteiger partial charge in [-0.2, -0.15) is 0 Å². The fourth-order valence-electron chi connectivity index (χ4n) is 0.393. The minimum Gasteiger partial charge on any atom is -0.365 e. The van der Waals surface area contributed by atoms with Crippen molar-refractivity contribution >= 4 is 21.6 Å². The number of amides is 1. The standard InChI is InChI=1S/C4H5NOP2/c5-4(6)3-1-2-7-8-3/h1-2,8H,(H2,5,6). The van der Waals surface area contributed by atoms with Crippen molar-refractivity contribution in [2.75, 3.05) is 0 Å². The lowest BCUT2D eigenvalue weighted by Crippen LogP contribution is -2.07. The smallest absolute Gasteiger partial charge is 0.252 e. The number of rotatable bonds is 1. The molecule has 8 heavy (non-hydrogen) atoms. The molecule has 2 N–H and O–H groups in total. The van der Waals surface area contributed by atoms with Crippen LogP contribution in [0.4, 0.5) is 0 Å². The van der Waals surface area contributed by atoms with Gasteiger partial charge in [0.05, 0.1) is 5.30 Å². The molecule has 0 aliphatic rings. The molecule has 1 rings (SSSR count). The largest absolute Gasteiger partial charge is 0.365 e. The first-order valence-electron chi connectivity index (χ1n) is 2.10. The van der Waals surface area contributed by atoms with Crippen LogP contribution >= 0.6 is 15.7 Å². The van der Waals surface area contributed by atoms with Gasteiger partial charge in [-0.1, -0.05) is 15.7 Å². The number of carbonyl (C=O) groups excluding carboxylic acids is 1. The Morgan fingerprint density at radius 2 is 2.62 bits per heavy atom. The molecule has 0 fully saturated rings. The van der Waals surface area contributed by atoms with Gasteiger partial charge in [0.15, 0.2) is 0 Å². The molecule has 0 radical (unpaired) electrons. The molecule has 0 saturated heterocycles. The van der Waals surface area contributed by atoms with Gasteiger partial charge in [0.25, 0.3) is 5.91 Å². The Bertz CT molecular complexity index is 182. The molecule has 0 spiro atoms. The van der Waals surface area contributed by atoms with Crippen molar-refractivity contribution in [1.29, 1.82) is 0 Å². The average Bonchev–Trinajstić information content (AvgIpc) is 2.12. The van der Waals surface area contributed by atoms with E-state index in [9.17, 15) is 4.79 Å². The molecule has 1 aromatic heterocycles. The van der Waals surface area contributed by atoms with Crippen LogP contribution < -0.4 is 5.73 Å². The second-order valence-electron chi connectivity index (χ2n) is 1.33. The van der Waals surface area contributed by atoms with Crippen LogP contribution in [-0.2, 0) is 0 Å². The van der Waals surface area contributed by atoms with Gasteiger partial charge in [0, 0.05) is 0 Å². The Morgan fingerprint density at radius 3 is 2.88 bits per heavy atom. The van der Waals surface area contributed by atoms with E-state index in [1.165, 1.54) is 7.87 Å². The van der Waals surface area contributed by atoms with Crippen molar-refractivity contribution in [2.24, 2.45) is 5.73 Å². The molecule has 1 atom stereocenters. The van der Waals surface area contributed by atoms with E-state index >= 15 is 0 Å². The van der Waals surface area contributed by atoms with Crippen LogP contribution in [-0.4, -0.2) is 5.91 Å². The summed E-state index contributed by atoms with van der Waals surface area (Å²) in [4.78, 5) is 10.3. The lowest BCUT2D eigenvalue weighted by atomic mass is 10.5. The summed E-state index contributed by atoms with van der Waals surface area (Å²) in [5.74, 6) is 1.67. The van der Waals surface area contributed by atoms with E-state index in [2.05, 4.69) is 0 Å². The Kier molecular flexibility index (Phi) is 1.67. The third-order valence-corrected chi connectivity index (χ3v) is 3.40. The fraction of sp³-hybridized carbons (Fsp3) is 0. The van der Waals surface area contributed by atoms with Crippen molar-refractivity contribution in [3.05, 3.63) is 17.2 Å². The molecule has 0 bridgehead atoms. The van der Waals surface area contributed by atoms with E-state index in [-0.39, 0.29) is 5.91 Å². The van der Waals surface area contributed by atoms with E-state index in [1.54, 1.807) is 6.07 Å². The molecule has 42 valence electrons. The maximum atomic E-state index is 10.3. The van der Waals surface area contributed by atoms with E-state index in [4.69, 9.17) is 5.73 Å². The number of primary amides is 1. The molecule has 1 unspecified atom stereocenters. The van der Waals surface area contributed by atoms with Crippen molar-refractivity contribution < 1.29 is 4.79 Å². The molecular formula is C4H5NOP2. The molecule has 2 nitrogen and oxygen atoms in total. The number of hydrogen-bond acceptors (Lipinski definition) is 1. The fourth-order valence-corrected chi connectivity index (χ4v) is 2.66. The van der Waals surface area contributed by atoms with Gasteiger partial charge < -0.3 is 5.73 Å². The van der Waals surface area contributed by atoms with E-state index in [1.807, 2.05) is 5.80 Å². The summed E-state index contributed by atoms with van der Waals surface area (Å²) < 4.78 is 0.